The molecule has 4 rings (SSSR count). The van der Waals surface area contributed by atoms with E-state index in [0.717, 1.165) is 22.1 Å². The molecule has 0 unspecified atom stereocenters. The van der Waals surface area contributed by atoms with Crippen LogP contribution in [0.5, 0.6) is 0 Å². The molecule has 20 heavy (non-hydrogen) atoms. The van der Waals surface area contributed by atoms with Crippen LogP contribution in [-0.2, 0) is 14.1 Å². The van der Waals surface area contributed by atoms with Crippen LogP contribution in [0.25, 0.3) is 22.1 Å². The van der Waals surface area contributed by atoms with Crippen LogP contribution in [0.1, 0.15) is 0 Å². The molecule has 0 amide bonds. The molecule has 0 spiro atoms. The molecule has 2 aromatic carbocycles. The number of nitrogens with zero attached hydrogens (tertiary/aromatic N) is 6. The van der Waals surface area contributed by atoms with Crippen molar-refractivity contribution in [1.82, 2.24) is 30.0 Å². The van der Waals surface area contributed by atoms with E-state index in [-0.39, 0.29) is 0 Å². The van der Waals surface area contributed by atoms with E-state index >= 15 is 0 Å². The molecular formula is C14H14N6. The van der Waals surface area contributed by atoms with Gasteiger partial charge in [-0.1, -0.05) is 34.7 Å². The summed E-state index contributed by atoms with van der Waals surface area (Å²) in [5.41, 5.74) is 4.04. The van der Waals surface area contributed by atoms with Crippen molar-refractivity contribution in [2.45, 2.75) is 0 Å². The van der Waals surface area contributed by atoms with Crippen molar-refractivity contribution >= 4 is 22.1 Å². The van der Waals surface area contributed by atoms with Gasteiger partial charge in [-0.15, -0.1) is 10.2 Å². The van der Waals surface area contributed by atoms with Crippen molar-refractivity contribution in [3.63, 3.8) is 0 Å². The highest BCUT2D eigenvalue weighted by molar-refractivity contribution is 5.74. The van der Waals surface area contributed by atoms with Gasteiger partial charge in [0.05, 0.1) is 11.0 Å². The van der Waals surface area contributed by atoms with Gasteiger partial charge in [0.1, 0.15) is 11.0 Å². The predicted molar refractivity (Wildman–Crippen MR) is 77.0 cm³/mol. The highest BCUT2D eigenvalue weighted by Crippen LogP contribution is 2.07. The van der Waals surface area contributed by atoms with E-state index in [0.29, 0.717) is 0 Å². The minimum atomic E-state index is 0.949. The Bertz CT molecular complexity index is 773. The summed E-state index contributed by atoms with van der Waals surface area (Å²) in [5, 5.41) is 15.6. The van der Waals surface area contributed by atoms with E-state index in [4.69, 9.17) is 0 Å². The maximum absolute atomic E-state index is 3.93. The summed E-state index contributed by atoms with van der Waals surface area (Å²) in [5.74, 6) is 0. The summed E-state index contributed by atoms with van der Waals surface area (Å²) in [6, 6.07) is 15.8. The Balaban J connectivity index is 0.000000121. The van der Waals surface area contributed by atoms with Crippen LogP contribution >= 0.6 is 0 Å². The number of para-hydroxylation sites is 2. The second kappa shape index (κ2) is 5.08. The highest BCUT2D eigenvalue weighted by Gasteiger charge is 1.96. The fourth-order valence-electron chi connectivity index (χ4n) is 1.97. The van der Waals surface area contributed by atoms with E-state index in [9.17, 15) is 0 Å². The first-order valence-electron chi connectivity index (χ1n) is 6.24. The van der Waals surface area contributed by atoms with Gasteiger partial charge in [-0.2, -0.15) is 0 Å². The van der Waals surface area contributed by atoms with Crippen LogP contribution in [-0.4, -0.2) is 30.0 Å². The Kier molecular flexibility index (Phi) is 3.12. The summed E-state index contributed by atoms with van der Waals surface area (Å²) in [6.45, 7) is 0. The van der Waals surface area contributed by atoms with E-state index in [2.05, 4.69) is 20.6 Å². The van der Waals surface area contributed by atoms with Crippen molar-refractivity contribution in [3.8, 4) is 0 Å². The molecule has 0 N–H and O–H groups in total. The number of aromatic nitrogens is 6. The molecule has 0 saturated carbocycles. The molecule has 0 aliphatic carbocycles. The highest BCUT2D eigenvalue weighted by atomic mass is 15.4. The molecular weight excluding hydrogens is 252 g/mol. The van der Waals surface area contributed by atoms with Gasteiger partial charge in [0, 0.05) is 14.1 Å². The van der Waals surface area contributed by atoms with Crippen LogP contribution in [0.15, 0.2) is 48.5 Å². The fraction of sp³-hybridized carbons (Fsp3) is 0.143. The monoisotopic (exact) mass is 266 g/mol. The average Bonchev–Trinajstić information content (AvgIpc) is 3.05. The predicted octanol–water partition coefficient (Wildman–Crippen LogP) is 1.94. The van der Waals surface area contributed by atoms with Gasteiger partial charge in [0.25, 0.3) is 0 Å². The molecule has 0 aliphatic rings. The standard InChI is InChI=1S/2C7H7N3/c2*1-10-7-5-3-2-4-6(7)8-9-10/h2*2-5H,1H3. The lowest BCUT2D eigenvalue weighted by Gasteiger charge is -1.87. The Hall–Kier alpha value is -2.76. The van der Waals surface area contributed by atoms with Gasteiger partial charge in [0.15, 0.2) is 0 Å². The van der Waals surface area contributed by atoms with E-state index < -0.39 is 0 Å². The second-order valence-corrected chi connectivity index (χ2v) is 4.40. The van der Waals surface area contributed by atoms with Crippen LogP contribution in [0.2, 0.25) is 0 Å². The number of benzene rings is 2. The first kappa shape index (κ1) is 12.3. The van der Waals surface area contributed by atoms with Crippen LogP contribution in [0.4, 0.5) is 0 Å². The summed E-state index contributed by atoms with van der Waals surface area (Å²) < 4.78 is 3.52. The van der Waals surface area contributed by atoms with Gasteiger partial charge in [0.2, 0.25) is 0 Å². The maximum atomic E-state index is 3.93. The molecule has 6 nitrogen and oxygen atoms in total. The maximum Gasteiger partial charge on any atom is 0.113 e. The van der Waals surface area contributed by atoms with Gasteiger partial charge in [-0.25, -0.2) is 9.36 Å². The lowest BCUT2D eigenvalue weighted by molar-refractivity contribution is 0.736. The van der Waals surface area contributed by atoms with Crippen LogP contribution in [0.3, 0.4) is 0 Å². The minimum Gasteiger partial charge on any atom is -0.248 e. The Morgan fingerprint density at radius 2 is 1.05 bits per heavy atom. The summed E-state index contributed by atoms with van der Waals surface area (Å²) in [4.78, 5) is 0. The molecule has 0 saturated heterocycles. The number of rotatable bonds is 0. The third-order valence-corrected chi connectivity index (χ3v) is 3.03. The lowest BCUT2D eigenvalue weighted by atomic mass is 10.3. The Morgan fingerprint density at radius 1 is 0.650 bits per heavy atom. The molecule has 0 atom stereocenters. The zero-order valence-electron chi connectivity index (χ0n) is 11.3. The van der Waals surface area contributed by atoms with E-state index in [1.807, 2.05) is 62.6 Å². The minimum absolute atomic E-state index is 0.949. The van der Waals surface area contributed by atoms with E-state index in [1.165, 1.54) is 0 Å². The molecule has 100 valence electrons. The average molecular weight is 266 g/mol. The third-order valence-electron chi connectivity index (χ3n) is 3.03. The van der Waals surface area contributed by atoms with Gasteiger partial charge in [-0.05, 0) is 24.3 Å². The Labute approximate surface area is 115 Å². The zero-order valence-corrected chi connectivity index (χ0v) is 11.3. The van der Waals surface area contributed by atoms with Crippen molar-refractivity contribution < 1.29 is 0 Å². The first-order chi connectivity index (χ1) is 9.75. The smallest absolute Gasteiger partial charge is 0.113 e. The van der Waals surface area contributed by atoms with Crippen LogP contribution in [0, 0.1) is 0 Å². The topological polar surface area (TPSA) is 61.4 Å². The second-order valence-electron chi connectivity index (χ2n) is 4.40. The molecule has 2 heterocycles. The number of hydrogen-bond acceptors (Lipinski definition) is 4. The summed E-state index contributed by atoms with van der Waals surface area (Å²) in [6.07, 6.45) is 0. The normalized spacial score (nSPS) is 10.5. The van der Waals surface area contributed by atoms with Gasteiger partial charge >= 0.3 is 0 Å². The van der Waals surface area contributed by atoms with E-state index in [1.54, 1.807) is 9.36 Å². The van der Waals surface area contributed by atoms with Gasteiger partial charge < -0.3 is 0 Å². The van der Waals surface area contributed by atoms with Crippen molar-refractivity contribution in [2.75, 3.05) is 0 Å². The summed E-state index contributed by atoms with van der Waals surface area (Å²) in [7, 11) is 3.77. The lowest BCUT2D eigenvalue weighted by Crippen LogP contribution is -1.88. The molecule has 6 heteroatoms. The molecule has 0 fully saturated rings. The summed E-state index contributed by atoms with van der Waals surface area (Å²) >= 11 is 0. The van der Waals surface area contributed by atoms with Crippen molar-refractivity contribution in [2.24, 2.45) is 14.1 Å². The fourth-order valence-corrected chi connectivity index (χ4v) is 1.97. The van der Waals surface area contributed by atoms with Crippen molar-refractivity contribution in [3.05, 3.63) is 48.5 Å². The van der Waals surface area contributed by atoms with Crippen LogP contribution < -0.4 is 0 Å². The molecule has 2 aromatic heterocycles. The Morgan fingerprint density at radius 3 is 1.45 bits per heavy atom. The first-order valence-corrected chi connectivity index (χ1v) is 6.24. The molecule has 0 radical (unpaired) electrons. The number of aryl methyl sites for hydroxylation is 2. The molecule has 4 aromatic rings. The molecule has 0 bridgehead atoms. The number of fused-ring (bicyclic) bond motifs is 2. The van der Waals surface area contributed by atoms with Gasteiger partial charge in [-0.3, -0.25) is 0 Å². The SMILES string of the molecule is Cn1nnc2ccccc21.Cn1nnc2ccccc21. The third kappa shape index (κ3) is 2.23. The van der Waals surface area contributed by atoms with Crippen molar-refractivity contribution in [1.29, 1.82) is 0 Å². The largest absolute Gasteiger partial charge is 0.248 e. The molecule has 0 aliphatic heterocycles. The quantitative estimate of drug-likeness (QED) is 0.488. The zero-order chi connectivity index (χ0) is 13.9. The number of hydrogen-bond donors (Lipinski definition) is 0.